The number of nitrogens with zero attached hydrogens (tertiary/aromatic N) is 10. The first-order chi connectivity index (χ1) is 32.1. The van der Waals surface area contributed by atoms with E-state index in [9.17, 15) is 8.42 Å². The molecular formula is C45H52Cl2N14O4S2. The Bertz CT molecular complexity index is 3080. The molecule has 10 rings (SSSR count). The normalized spacial score (nSPS) is 15.8. The molecule has 0 bridgehead atoms. The van der Waals surface area contributed by atoms with Gasteiger partial charge in [-0.3, -0.25) is 9.80 Å². The van der Waals surface area contributed by atoms with Crippen molar-refractivity contribution < 1.29 is 17.9 Å². The van der Waals surface area contributed by atoms with Crippen LogP contribution in [0.1, 0.15) is 44.7 Å². The van der Waals surface area contributed by atoms with E-state index in [-0.39, 0.29) is 30.3 Å². The number of H-pyrrole nitrogens is 2. The van der Waals surface area contributed by atoms with Gasteiger partial charge in [0.1, 0.15) is 28.7 Å². The third-order valence-corrected chi connectivity index (χ3v) is 14.6. The van der Waals surface area contributed by atoms with Crippen LogP contribution < -0.4 is 10.6 Å². The Hall–Kier alpha value is -5.32. The van der Waals surface area contributed by atoms with Crippen molar-refractivity contribution in [1.82, 2.24) is 59.6 Å². The summed E-state index contributed by atoms with van der Waals surface area (Å²) in [5.74, 6) is 2.15. The smallest absolute Gasteiger partial charge is 0.197 e. The first-order valence-electron chi connectivity index (χ1n) is 21.6. The lowest BCUT2D eigenvalue weighted by atomic mass is 10.1. The minimum Gasteiger partial charge on any atom is -0.379 e. The average molecular weight is 988 g/mol. The topological polar surface area (TPSA) is 218 Å². The molecule has 6 aromatic heterocycles. The van der Waals surface area contributed by atoms with E-state index >= 15 is 0 Å². The number of rotatable bonds is 14. The molecular weight excluding hydrogens is 936 g/mol. The summed E-state index contributed by atoms with van der Waals surface area (Å²) in [6.45, 7) is 11.6. The SMILES string of the molecule is C.C[C@H](Nc1ncnc2nc[nH]c12)c1cc2cccc(Cl)c2c(S(=O)(=O)CCN2CCOCC2)n1.C[C@H](Nc1ncnc2nc[nH]c12)c1cc2cccc(Cl)c2c(SCCN2CCOCC2)n1. The average Bonchev–Trinajstić information content (AvgIpc) is 4.03. The number of ether oxygens (including phenoxy) is 2. The maximum atomic E-state index is 13.5. The van der Waals surface area contributed by atoms with Crippen molar-refractivity contribution in [3.63, 3.8) is 0 Å². The van der Waals surface area contributed by atoms with Gasteiger partial charge in [0.15, 0.2) is 37.8 Å². The van der Waals surface area contributed by atoms with Crippen LogP contribution in [-0.4, -0.2) is 145 Å². The summed E-state index contributed by atoms with van der Waals surface area (Å²) in [6.07, 6.45) is 6.10. The zero-order valence-electron chi connectivity index (χ0n) is 36.2. The van der Waals surface area contributed by atoms with Gasteiger partial charge in [0.2, 0.25) is 0 Å². The van der Waals surface area contributed by atoms with Crippen LogP contribution in [0.3, 0.4) is 0 Å². The number of fused-ring (bicyclic) bond motifs is 4. The molecule has 18 nitrogen and oxygen atoms in total. The molecule has 2 aromatic carbocycles. The number of morpholine rings is 2. The molecule has 8 heterocycles. The fourth-order valence-corrected chi connectivity index (χ4v) is 11.1. The van der Waals surface area contributed by atoms with Crippen molar-refractivity contribution in [1.29, 1.82) is 0 Å². The van der Waals surface area contributed by atoms with Crippen LogP contribution in [0.5, 0.6) is 0 Å². The number of hydrogen-bond donors (Lipinski definition) is 4. The van der Waals surface area contributed by atoms with Gasteiger partial charge < -0.3 is 30.1 Å². The van der Waals surface area contributed by atoms with E-state index in [0.717, 1.165) is 70.6 Å². The van der Waals surface area contributed by atoms with E-state index in [4.69, 9.17) is 37.7 Å². The number of sulfone groups is 1. The van der Waals surface area contributed by atoms with Crippen molar-refractivity contribution in [2.45, 2.75) is 43.4 Å². The first kappa shape index (κ1) is 48.1. The van der Waals surface area contributed by atoms with E-state index in [0.29, 0.717) is 82.8 Å². The zero-order valence-corrected chi connectivity index (χ0v) is 39.4. The van der Waals surface area contributed by atoms with Gasteiger partial charge in [-0.1, -0.05) is 54.9 Å². The Morgan fingerprint density at radius 2 is 1.21 bits per heavy atom. The fraction of sp³-hybridized carbons (Fsp3) is 0.378. The Morgan fingerprint density at radius 1 is 0.701 bits per heavy atom. The van der Waals surface area contributed by atoms with Crippen LogP contribution in [0.2, 0.25) is 10.0 Å². The summed E-state index contributed by atoms with van der Waals surface area (Å²) in [6, 6.07) is 14.8. The molecule has 2 saturated heterocycles. The standard InChI is InChI=1S/C22H24ClN7O3S.C22H24ClN7OS.CH4/c1-14(28-21-19-20(25-12-24-19)26-13-27-21)17-11-15-3-2-4-16(23)18(15)22(29-17)34(31,32)10-7-30-5-8-33-9-6-30;1-14(28-21-19-20(25-12-24-19)26-13-27-21)17-11-15-3-2-4-16(23)18(15)22(29-17)32-10-7-30-5-8-31-9-6-30;/h2-4,11-14H,5-10H2,1H3,(H2,24,25,26,27,28);2-4,11-14H,5-10H2,1H3,(H2,24,25,26,27,28);1H4/t2*14-;/m00./s1. The van der Waals surface area contributed by atoms with Gasteiger partial charge >= 0.3 is 0 Å². The largest absolute Gasteiger partial charge is 0.379 e. The van der Waals surface area contributed by atoms with E-state index in [1.54, 1.807) is 36.5 Å². The van der Waals surface area contributed by atoms with Gasteiger partial charge in [-0.15, -0.1) is 11.8 Å². The second-order valence-corrected chi connectivity index (χ2v) is 19.8. The van der Waals surface area contributed by atoms with Gasteiger partial charge in [0, 0.05) is 55.8 Å². The van der Waals surface area contributed by atoms with Crippen molar-refractivity contribution in [3.8, 4) is 0 Å². The number of aromatic nitrogens is 10. The molecule has 4 N–H and O–H groups in total. The summed E-state index contributed by atoms with van der Waals surface area (Å²) < 4.78 is 37.8. The number of aromatic amines is 2. The summed E-state index contributed by atoms with van der Waals surface area (Å²) >= 11 is 14.8. The Balaban J connectivity index is 0.000000179. The highest BCUT2D eigenvalue weighted by molar-refractivity contribution is 7.99. The number of thioether (sulfide) groups is 1. The number of imidazole rings is 2. The molecule has 2 fully saturated rings. The summed E-state index contributed by atoms with van der Waals surface area (Å²) in [4.78, 5) is 45.6. The van der Waals surface area contributed by atoms with E-state index in [2.05, 4.69) is 84.3 Å². The number of anilines is 2. The number of hydrogen-bond acceptors (Lipinski definition) is 17. The maximum absolute atomic E-state index is 13.5. The molecule has 352 valence electrons. The maximum Gasteiger partial charge on any atom is 0.197 e. The second-order valence-electron chi connectivity index (χ2n) is 15.8. The molecule has 2 aliphatic heterocycles. The van der Waals surface area contributed by atoms with Gasteiger partial charge in [0.25, 0.3) is 0 Å². The predicted octanol–water partition coefficient (Wildman–Crippen LogP) is 7.62. The van der Waals surface area contributed by atoms with Crippen LogP contribution in [0.15, 0.2) is 83.9 Å². The molecule has 0 spiro atoms. The Labute approximate surface area is 402 Å². The molecule has 0 radical (unpaired) electrons. The number of benzene rings is 2. The van der Waals surface area contributed by atoms with Crippen molar-refractivity contribution in [3.05, 3.63) is 95.3 Å². The minimum atomic E-state index is -3.71. The third-order valence-electron chi connectivity index (χ3n) is 11.5. The second kappa shape index (κ2) is 21.8. The molecule has 2 atom stereocenters. The number of halogens is 2. The van der Waals surface area contributed by atoms with E-state index < -0.39 is 9.84 Å². The van der Waals surface area contributed by atoms with Crippen molar-refractivity contribution >= 4 is 100 Å². The van der Waals surface area contributed by atoms with Crippen LogP contribution in [-0.2, 0) is 19.3 Å². The molecule has 8 aromatic rings. The van der Waals surface area contributed by atoms with Crippen molar-refractivity contribution in [2.75, 3.05) is 87.8 Å². The number of nitrogens with one attached hydrogen (secondary N) is 4. The lowest BCUT2D eigenvalue weighted by molar-refractivity contribution is 0.0408. The molecule has 0 aliphatic carbocycles. The lowest BCUT2D eigenvalue weighted by Crippen LogP contribution is -2.39. The summed E-state index contributed by atoms with van der Waals surface area (Å²) in [5, 5.41) is 12.0. The van der Waals surface area contributed by atoms with Gasteiger partial charge in [-0.25, -0.2) is 48.3 Å². The summed E-state index contributed by atoms with van der Waals surface area (Å²) in [5.41, 5.74) is 4.10. The van der Waals surface area contributed by atoms with E-state index in [1.165, 1.54) is 12.7 Å². The summed E-state index contributed by atoms with van der Waals surface area (Å²) in [7, 11) is -3.71. The fourth-order valence-electron chi connectivity index (χ4n) is 7.85. The predicted molar refractivity (Wildman–Crippen MR) is 265 cm³/mol. The molecule has 67 heavy (non-hydrogen) atoms. The molecule has 22 heteroatoms. The third kappa shape index (κ3) is 11.2. The highest BCUT2D eigenvalue weighted by Gasteiger charge is 2.26. The monoisotopic (exact) mass is 986 g/mol. The Morgan fingerprint density at radius 3 is 1.78 bits per heavy atom. The van der Waals surface area contributed by atoms with Gasteiger partial charge in [0.05, 0.1) is 78.4 Å². The van der Waals surface area contributed by atoms with Gasteiger partial charge in [-0.2, -0.15) is 0 Å². The number of pyridine rings is 2. The van der Waals surface area contributed by atoms with Crippen molar-refractivity contribution in [2.24, 2.45) is 0 Å². The Kier molecular flexibility index (Phi) is 15.6. The molecule has 0 unspecified atom stereocenters. The van der Waals surface area contributed by atoms with Crippen LogP contribution in [0.25, 0.3) is 43.9 Å². The van der Waals surface area contributed by atoms with E-state index in [1.807, 2.05) is 31.2 Å². The lowest BCUT2D eigenvalue weighted by Gasteiger charge is -2.26. The molecule has 0 saturated carbocycles. The molecule has 0 amide bonds. The minimum absolute atomic E-state index is 0. The first-order valence-corrected chi connectivity index (χ1v) is 25.0. The highest BCUT2D eigenvalue weighted by atomic mass is 35.5. The highest BCUT2D eigenvalue weighted by Crippen LogP contribution is 2.35. The van der Waals surface area contributed by atoms with Crippen LogP contribution >= 0.6 is 35.0 Å². The zero-order chi connectivity index (χ0) is 45.6. The van der Waals surface area contributed by atoms with Gasteiger partial charge in [-0.05, 0) is 48.9 Å². The van der Waals surface area contributed by atoms with Crippen LogP contribution in [0.4, 0.5) is 11.6 Å². The van der Waals surface area contributed by atoms with Crippen LogP contribution in [0, 0.1) is 0 Å². The molecule has 2 aliphatic rings. The quantitative estimate of drug-likeness (QED) is 0.0770.